The first-order valence-corrected chi connectivity index (χ1v) is 24.7. The molecule has 6 N–H and O–H groups in total. The lowest BCUT2D eigenvalue weighted by Crippen LogP contribution is -2.43. The van der Waals surface area contributed by atoms with Crippen molar-refractivity contribution in [1.82, 2.24) is 34.6 Å². The highest BCUT2D eigenvalue weighted by Gasteiger charge is 2.31. The first-order valence-electron chi connectivity index (χ1n) is 21.7. The number of piperidine rings is 2. The standard InChI is InChI=1S/C16H24N4O2.C16H23N3O3.C7H10N2O2S.C7H9NO2S/c1-16(2,3)22-15(21)20-8-5-12(6-9-20)14(17)10-13-4-7-18-11-19-13;1-16(2,3)22-15(21)19-8-5-12(6-9-19)14(20)10-13-4-7-17-11-18-13;1-6-2-4-7(5-3-6)12(10,11)9-8;1-6-2-4-7(5-3-6)11(8,9)10/h4,7,11-12,17H,5-6,8-10H2,1-3H3;4,7,11-12H,5-6,8-10H2,1-3H3;2-5,9H,8H2,1H3;2-5H,1H3,(H2,8,9,10). The molecule has 4 heterocycles. The van der Waals surface area contributed by atoms with E-state index >= 15 is 0 Å². The molecule has 0 unspecified atom stereocenters. The number of ketones is 1. The summed E-state index contributed by atoms with van der Waals surface area (Å²) in [5, 5.41) is 13.1. The zero-order valence-corrected chi connectivity index (χ0v) is 41.3. The molecule has 6 rings (SSSR count). The molecule has 2 aromatic heterocycles. The van der Waals surface area contributed by atoms with Crippen molar-refractivity contribution in [2.75, 3.05) is 26.2 Å². The fraction of sp³-hybridized carbons (Fsp3) is 0.478. The molecule has 0 saturated carbocycles. The molecule has 0 radical (unpaired) electrons. The number of primary sulfonamides is 1. The van der Waals surface area contributed by atoms with Crippen molar-refractivity contribution in [3.63, 3.8) is 0 Å². The highest BCUT2D eigenvalue weighted by molar-refractivity contribution is 7.89. The summed E-state index contributed by atoms with van der Waals surface area (Å²) < 4.78 is 54.3. The van der Waals surface area contributed by atoms with Crippen LogP contribution in [0.15, 0.2) is 95.5 Å². The Balaban J connectivity index is 0.000000248. The van der Waals surface area contributed by atoms with E-state index in [0.717, 1.165) is 35.4 Å². The van der Waals surface area contributed by atoms with Crippen LogP contribution in [0.5, 0.6) is 0 Å². The van der Waals surface area contributed by atoms with Crippen molar-refractivity contribution in [1.29, 1.82) is 5.41 Å². The van der Waals surface area contributed by atoms with Gasteiger partial charge in [-0.05, 0) is 117 Å². The number of nitrogens with one attached hydrogen (secondary N) is 2. The van der Waals surface area contributed by atoms with Crippen molar-refractivity contribution in [3.05, 3.63) is 108 Å². The van der Waals surface area contributed by atoms with Gasteiger partial charge in [-0.2, -0.15) is 4.83 Å². The number of rotatable bonds is 9. The van der Waals surface area contributed by atoms with E-state index in [-0.39, 0.29) is 39.6 Å². The number of hydrogen-bond acceptors (Lipinski definition) is 15. The number of aryl methyl sites for hydroxylation is 2. The maximum atomic E-state index is 12.3. The number of ether oxygens (including phenoxy) is 2. The van der Waals surface area contributed by atoms with Crippen LogP contribution >= 0.6 is 0 Å². The molecule has 366 valence electrons. The molecule has 0 aliphatic carbocycles. The molecule has 2 aliphatic rings. The second-order valence-electron chi connectivity index (χ2n) is 18.0. The van der Waals surface area contributed by atoms with Crippen LogP contribution in [0.4, 0.5) is 9.59 Å². The Hall–Kier alpha value is -5.74. The summed E-state index contributed by atoms with van der Waals surface area (Å²) in [6.45, 7) is 17.3. The lowest BCUT2D eigenvalue weighted by atomic mass is 9.90. The Morgan fingerprint density at radius 3 is 1.40 bits per heavy atom. The molecule has 2 aliphatic heterocycles. The summed E-state index contributed by atoms with van der Waals surface area (Å²) in [5.41, 5.74) is 3.36. The molecule has 2 fully saturated rings. The van der Waals surface area contributed by atoms with Gasteiger partial charge in [0, 0.05) is 74.7 Å². The number of amides is 2. The van der Waals surface area contributed by atoms with Crippen LogP contribution < -0.4 is 15.8 Å². The SMILES string of the molecule is CC(C)(C)OC(=O)N1CCC(C(=N)Cc2ccncn2)CC1.CC(C)(C)OC(=O)N1CCC(C(=O)Cc2ccncn2)CC1.Cc1ccc(S(=O)(=O)NN)cc1.Cc1ccc(S(N)(=O)=O)cc1. The summed E-state index contributed by atoms with van der Waals surface area (Å²) in [5.74, 6) is 5.23. The topological polar surface area (TPSA) is 284 Å². The Bertz CT molecular complexity index is 2320. The van der Waals surface area contributed by atoms with Gasteiger partial charge < -0.3 is 24.7 Å². The molecule has 21 heteroatoms. The number of sulfonamides is 2. The summed E-state index contributed by atoms with van der Waals surface area (Å²) in [4.78, 5) is 57.7. The van der Waals surface area contributed by atoms with Crippen molar-refractivity contribution < 1.29 is 40.7 Å². The lowest BCUT2D eigenvalue weighted by molar-refractivity contribution is -0.123. The van der Waals surface area contributed by atoms with Gasteiger partial charge in [0.05, 0.1) is 15.5 Å². The van der Waals surface area contributed by atoms with E-state index in [1.54, 1.807) is 57.4 Å². The summed E-state index contributed by atoms with van der Waals surface area (Å²) in [6.07, 6.45) is 9.61. The van der Waals surface area contributed by atoms with Gasteiger partial charge >= 0.3 is 12.2 Å². The lowest BCUT2D eigenvalue weighted by Gasteiger charge is -2.33. The summed E-state index contributed by atoms with van der Waals surface area (Å²) >= 11 is 0. The van der Waals surface area contributed by atoms with E-state index in [1.165, 1.54) is 36.9 Å². The molecule has 0 atom stereocenters. The summed E-state index contributed by atoms with van der Waals surface area (Å²) in [6, 6.07) is 16.4. The molecular formula is C46H66N10O9S2. The van der Waals surface area contributed by atoms with Crippen molar-refractivity contribution in [2.24, 2.45) is 22.8 Å². The van der Waals surface area contributed by atoms with Crippen LogP contribution in [0.1, 0.15) is 89.7 Å². The largest absolute Gasteiger partial charge is 0.444 e. The third kappa shape index (κ3) is 20.8. The number of Topliss-reactive ketones (excluding diaryl/α,β-unsaturated/α-hetero) is 1. The van der Waals surface area contributed by atoms with Gasteiger partial charge in [0.2, 0.25) is 10.0 Å². The molecular weight excluding hydrogens is 901 g/mol. The van der Waals surface area contributed by atoms with E-state index < -0.39 is 31.2 Å². The third-order valence-corrected chi connectivity index (χ3v) is 12.2. The number of carbonyl (C=O) groups is 3. The van der Waals surface area contributed by atoms with E-state index in [1.807, 2.05) is 61.5 Å². The van der Waals surface area contributed by atoms with Crippen LogP contribution in [0.2, 0.25) is 0 Å². The molecule has 2 saturated heterocycles. The van der Waals surface area contributed by atoms with Crippen LogP contribution in [0.3, 0.4) is 0 Å². The average Bonchev–Trinajstić information content (AvgIpc) is 3.27. The predicted molar refractivity (Wildman–Crippen MR) is 254 cm³/mol. The Morgan fingerprint density at radius 2 is 1.04 bits per heavy atom. The van der Waals surface area contributed by atoms with Gasteiger partial charge in [0.25, 0.3) is 10.0 Å². The van der Waals surface area contributed by atoms with Gasteiger partial charge in [-0.1, -0.05) is 35.4 Å². The minimum absolute atomic E-state index is 0.00588. The van der Waals surface area contributed by atoms with Gasteiger partial charge in [0.15, 0.2) is 0 Å². The number of nitrogens with zero attached hydrogens (tertiary/aromatic N) is 6. The van der Waals surface area contributed by atoms with E-state index in [0.29, 0.717) is 57.6 Å². The first-order chi connectivity index (χ1) is 31.3. The molecule has 0 spiro atoms. The van der Waals surface area contributed by atoms with Gasteiger partial charge in [-0.25, -0.2) is 51.5 Å². The van der Waals surface area contributed by atoms with Crippen molar-refractivity contribution in [2.45, 2.75) is 115 Å². The second-order valence-corrected chi connectivity index (χ2v) is 21.3. The van der Waals surface area contributed by atoms with E-state index in [2.05, 4.69) is 19.9 Å². The monoisotopic (exact) mass is 966 g/mol. The number of hydrogen-bond donors (Lipinski definition) is 4. The average molecular weight is 967 g/mol. The van der Waals surface area contributed by atoms with E-state index in [9.17, 15) is 31.2 Å². The zero-order chi connectivity index (χ0) is 50.0. The second kappa shape index (κ2) is 25.4. The molecule has 19 nitrogen and oxygen atoms in total. The van der Waals surface area contributed by atoms with Gasteiger partial charge in [0.1, 0.15) is 29.6 Å². The maximum absolute atomic E-state index is 12.3. The van der Waals surface area contributed by atoms with Gasteiger partial charge in [-0.3, -0.25) is 10.6 Å². The number of aromatic nitrogens is 4. The Morgan fingerprint density at radius 1 is 0.657 bits per heavy atom. The van der Waals surface area contributed by atoms with Crippen molar-refractivity contribution >= 4 is 43.7 Å². The molecule has 67 heavy (non-hydrogen) atoms. The molecule has 4 aromatic rings. The van der Waals surface area contributed by atoms with E-state index in [4.69, 9.17) is 25.9 Å². The fourth-order valence-electron chi connectivity index (χ4n) is 6.47. The number of hydrazine groups is 1. The highest BCUT2D eigenvalue weighted by Crippen LogP contribution is 2.23. The maximum Gasteiger partial charge on any atom is 0.410 e. The van der Waals surface area contributed by atoms with Crippen LogP contribution in [0.25, 0.3) is 0 Å². The quantitative estimate of drug-likeness (QED) is 0.0888. The van der Waals surface area contributed by atoms with Crippen LogP contribution in [0, 0.1) is 31.1 Å². The number of carbonyl (C=O) groups excluding carboxylic acids is 3. The van der Waals surface area contributed by atoms with Crippen LogP contribution in [-0.4, -0.2) is 108 Å². The molecule has 0 bridgehead atoms. The summed E-state index contributed by atoms with van der Waals surface area (Å²) in [7, 11) is -7.01. The Kier molecular flexibility index (Phi) is 21.1. The normalized spacial score (nSPS) is 14.7. The highest BCUT2D eigenvalue weighted by atomic mass is 32.2. The van der Waals surface area contributed by atoms with Gasteiger partial charge in [-0.15, -0.1) is 0 Å². The molecule has 2 aromatic carbocycles. The molecule has 2 amide bonds. The number of benzene rings is 2. The Labute approximate surface area is 395 Å². The smallest absolute Gasteiger partial charge is 0.410 e. The first kappa shape index (κ1) is 55.6. The third-order valence-electron chi connectivity index (χ3n) is 10.1. The predicted octanol–water partition coefficient (Wildman–Crippen LogP) is 5.71. The zero-order valence-electron chi connectivity index (χ0n) is 39.6. The minimum atomic E-state index is -3.52. The minimum Gasteiger partial charge on any atom is -0.444 e. The number of nitrogens with two attached hydrogens (primary N) is 2. The van der Waals surface area contributed by atoms with Crippen LogP contribution in [-0.2, 0) is 47.2 Å². The fourth-order valence-corrected chi connectivity index (χ4v) is 7.61. The number of likely N-dealkylation sites (tertiary alicyclic amines) is 2. The van der Waals surface area contributed by atoms with Crippen molar-refractivity contribution in [3.8, 4) is 0 Å².